The molecular weight excluding hydrogens is 439 g/mol. The van der Waals surface area contributed by atoms with Gasteiger partial charge in [-0.1, -0.05) is 12.1 Å². The van der Waals surface area contributed by atoms with E-state index in [4.69, 9.17) is 4.98 Å². The van der Waals surface area contributed by atoms with Crippen molar-refractivity contribution in [1.82, 2.24) is 19.9 Å². The molecule has 0 saturated carbocycles. The highest BCUT2D eigenvalue weighted by Crippen LogP contribution is 2.29. The highest BCUT2D eigenvalue weighted by molar-refractivity contribution is 5.93. The van der Waals surface area contributed by atoms with Gasteiger partial charge in [0.1, 0.15) is 11.6 Å². The van der Waals surface area contributed by atoms with Crippen LogP contribution >= 0.6 is 0 Å². The Balaban J connectivity index is 1.29. The summed E-state index contributed by atoms with van der Waals surface area (Å²) in [4.78, 5) is 16.8. The van der Waals surface area contributed by atoms with E-state index in [2.05, 4.69) is 25.6 Å². The molecule has 0 aliphatic heterocycles. The van der Waals surface area contributed by atoms with Crippen LogP contribution in [0.15, 0.2) is 91.3 Å². The summed E-state index contributed by atoms with van der Waals surface area (Å²) in [5.41, 5.74) is 8.05. The summed E-state index contributed by atoms with van der Waals surface area (Å²) in [5.74, 6) is 0.476. The molecule has 0 aliphatic carbocycles. The van der Waals surface area contributed by atoms with E-state index in [1.54, 1.807) is 18.5 Å². The fourth-order valence-electron chi connectivity index (χ4n) is 4.14. The van der Waals surface area contributed by atoms with Crippen molar-refractivity contribution in [2.45, 2.75) is 6.92 Å². The summed E-state index contributed by atoms with van der Waals surface area (Å²) >= 11 is 0. The topological polar surface area (TPSA) is 78.5 Å². The van der Waals surface area contributed by atoms with Crippen LogP contribution in [0.5, 0.6) is 0 Å². The largest absolute Gasteiger partial charge is 0.355 e. The molecule has 3 aromatic carbocycles. The Hall–Kier alpha value is -4.78. The van der Waals surface area contributed by atoms with Crippen LogP contribution in [0.3, 0.4) is 0 Å². The van der Waals surface area contributed by atoms with Crippen LogP contribution in [-0.2, 0) is 0 Å². The Bertz CT molecular complexity index is 1690. The molecule has 0 bridgehead atoms. The fraction of sp³-hybridized carbons (Fsp3) is 0.0357. The van der Waals surface area contributed by atoms with Crippen molar-refractivity contribution < 1.29 is 4.39 Å². The first kappa shape index (κ1) is 20.8. The zero-order valence-corrected chi connectivity index (χ0v) is 18.9. The number of aromatic amines is 1. The number of hydrogen-bond donors (Lipinski definition) is 3. The number of hydrogen-bond acceptors (Lipinski definition) is 5. The molecule has 0 unspecified atom stereocenters. The average molecular weight is 461 g/mol. The van der Waals surface area contributed by atoms with Crippen LogP contribution in [0.1, 0.15) is 5.69 Å². The summed E-state index contributed by atoms with van der Waals surface area (Å²) in [6.45, 7) is 1.97. The Morgan fingerprint density at radius 1 is 0.743 bits per heavy atom. The third kappa shape index (κ3) is 4.27. The van der Waals surface area contributed by atoms with Crippen molar-refractivity contribution >= 4 is 44.7 Å². The third-order valence-electron chi connectivity index (χ3n) is 5.79. The first-order chi connectivity index (χ1) is 17.1. The van der Waals surface area contributed by atoms with Crippen molar-refractivity contribution in [1.29, 1.82) is 0 Å². The number of aromatic nitrogens is 4. The van der Waals surface area contributed by atoms with Gasteiger partial charge in [0.15, 0.2) is 0 Å². The van der Waals surface area contributed by atoms with E-state index in [1.807, 2.05) is 67.6 Å². The molecule has 3 heterocycles. The summed E-state index contributed by atoms with van der Waals surface area (Å²) < 4.78 is 13.8. The Morgan fingerprint density at radius 2 is 1.57 bits per heavy atom. The van der Waals surface area contributed by atoms with Crippen molar-refractivity contribution in [3.05, 3.63) is 103 Å². The molecule has 170 valence electrons. The van der Waals surface area contributed by atoms with E-state index in [-0.39, 0.29) is 5.82 Å². The van der Waals surface area contributed by atoms with E-state index >= 15 is 0 Å². The summed E-state index contributed by atoms with van der Waals surface area (Å²) in [5, 5.41) is 7.53. The number of fused-ring (bicyclic) bond motifs is 2. The summed E-state index contributed by atoms with van der Waals surface area (Å²) in [7, 11) is 0. The van der Waals surface area contributed by atoms with E-state index in [9.17, 15) is 4.39 Å². The van der Waals surface area contributed by atoms with Crippen molar-refractivity contribution in [2.75, 3.05) is 10.6 Å². The van der Waals surface area contributed by atoms with Gasteiger partial charge in [-0.2, -0.15) is 0 Å². The highest BCUT2D eigenvalue weighted by Gasteiger charge is 2.09. The first-order valence-electron chi connectivity index (χ1n) is 11.2. The lowest BCUT2D eigenvalue weighted by Crippen LogP contribution is -1.94. The maximum atomic E-state index is 13.8. The van der Waals surface area contributed by atoms with E-state index in [1.165, 1.54) is 12.1 Å². The molecule has 0 amide bonds. The van der Waals surface area contributed by atoms with E-state index < -0.39 is 0 Å². The van der Waals surface area contributed by atoms with Gasteiger partial charge in [0.2, 0.25) is 0 Å². The second kappa shape index (κ2) is 8.53. The van der Waals surface area contributed by atoms with Gasteiger partial charge >= 0.3 is 0 Å². The van der Waals surface area contributed by atoms with Gasteiger partial charge in [-0.3, -0.25) is 9.97 Å². The number of imidazole rings is 1. The maximum Gasteiger partial charge on any atom is 0.138 e. The van der Waals surface area contributed by atoms with Crippen LogP contribution in [0.4, 0.5) is 27.1 Å². The van der Waals surface area contributed by atoms with Gasteiger partial charge in [-0.15, -0.1) is 0 Å². The highest BCUT2D eigenvalue weighted by atomic mass is 19.1. The van der Waals surface area contributed by atoms with Crippen LogP contribution in [0.25, 0.3) is 33.3 Å². The zero-order chi connectivity index (χ0) is 23.8. The van der Waals surface area contributed by atoms with Crippen LogP contribution < -0.4 is 10.6 Å². The fourth-order valence-corrected chi connectivity index (χ4v) is 4.14. The summed E-state index contributed by atoms with van der Waals surface area (Å²) in [6.07, 6.45) is 3.50. The monoisotopic (exact) mass is 460 g/mol. The first-order valence-corrected chi connectivity index (χ1v) is 11.2. The van der Waals surface area contributed by atoms with Crippen LogP contribution in [0, 0.1) is 12.7 Å². The lowest BCUT2D eigenvalue weighted by Gasteiger charge is -2.10. The molecule has 0 radical (unpaired) electrons. The molecule has 3 aromatic heterocycles. The number of nitrogens with zero attached hydrogens (tertiary/aromatic N) is 3. The second-order valence-corrected chi connectivity index (χ2v) is 8.35. The van der Waals surface area contributed by atoms with Crippen molar-refractivity contribution in [3.8, 4) is 11.4 Å². The number of pyridine rings is 2. The number of aryl methyl sites for hydroxylation is 1. The predicted molar refractivity (Wildman–Crippen MR) is 139 cm³/mol. The SMILES string of the molecule is Cc1cc(Nc2ccc3nc(-c4cccc(Nc5ccnc6ccc(F)cc56)c4)[nH]c3c2)ccn1. The number of benzene rings is 3. The minimum atomic E-state index is -0.294. The molecule has 0 aliphatic rings. The standard InChI is InChI=1S/C28H21FN6/c1-17-13-22(9-11-30-17)32-21-6-8-26-27(16-21)35-28(34-26)18-3-2-4-20(14-18)33-25-10-12-31-24-7-5-19(29)15-23(24)25/h2-16H,1H3,(H,30,32)(H,31,33)(H,34,35). The van der Waals surface area contributed by atoms with Crippen molar-refractivity contribution in [3.63, 3.8) is 0 Å². The van der Waals surface area contributed by atoms with Crippen LogP contribution in [0.2, 0.25) is 0 Å². The molecule has 3 N–H and O–H groups in total. The minimum Gasteiger partial charge on any atom is -0.355 e. The van der Waals surface area contributed by atoms with Crippen molar-refractivity contribution in [2.24, 2.45) is 0 Å². The van der Waals surface area contributed by atoms with Gasteiger partial charge in [0, 0.05) is 51.8 Å². The number of halogens is 1. The zero-order valence-electron chi connectivity index (χ0n) is 18.9. The smallest absolute Gasteiger partial charge is 0.138 e. The third-order valence-corrected chi connectivity index (χ3v) is 5.79. The Labute approximate surface area is 200 Å². The normalized spacial score (nSPS) is 11.1. The average Bonchev–Trinajstić information content (AvgIpc) is 3.28. The second-order valence-electron chi connectivity index (χ2n) is 8.35. The van der Waals surface area contributed by atoms with Crippen LogP contribution in [-0.4, -0.2) is 19.9 Å². The molecule has 35 heavy (non-hydrogen) atoms. The molecule has 0 spiro atoms. The van der Waals surface area contributed by atoms with Gasteiger partial charge in [-0.05, 0) is 73.7 Å². The predicted octanol–water partition coefficient (Wildman–Crippen LogP) is 7.11. The molecular formula is C28H21FN6. The number of anilines is 4. The van der Waals surface area contributed by atoms with Gasteiger partial charge in [0.25, 0.3) is 0 Å². The molecule has 7 heteroatoms. The number of nitrogens with one attached hydrogen (secondary N) is 3. The van der Waals surface area contributed by atoms with E-state index in [0.29, 0.717) is 0 Å². The maximum absolute atomic E-state index is 13.8. The van der Waals surface area contributed by atoms with E-state index in [0.717, 1.165) is 61.8 Å². The number of H-pyrrole nitrogens is 1. The molecule has 0 fully saturated rings. The lowest BCUT2D eigenvalue weighted by atomic mass is 10.1. The number of rotatable bonds is 5. The molecule has 0 saturated heterocycles. The molecule has 6 aromatic rings. The minimum absolute atomic E-state index is 0.294. The Kier molecular flexibility index (Phi) is 5.07. The lowest BCUT2D eigenvalue weighted by molar-refractivity contribution is 0.629. The summed E-state index contributed by atoms with van der Waals surface area (Å²) in [6, 6.07) is 24.4. The molecule has 6 nitrogen and oxygen atoms in total. The molecule has 0 atom stereocenters. The van der Waals surface area contributed by atoms with Gasteiger partial charge in [-0.25, -0.2) is 9.37 Å². The molecule has 6 rings (SSSR count). The Morgan fingerprint density at radius 3 is 2.49 bits per heavy atom. The quantitative estimate of drug-likeness (QED) is 0.256. The van der Waals surface area contributed by atoms with Gasteiger partial charge < -0.3 is 15.6 Å². The van der Waals surface area contributed by atoms with Gasteiger partial charge in [0.05, 0.1) is 16.6 Å².